The van der Waals surface area contributed by atoms with Gasteiger partial charge in [-0.15, -0.1) is 6.42 Å². The summed E-state index contributed by atoms with van der Waals surface area (Å²) in [4.78, 5) is 4.61. The normalized spacial score (nSPS) is 16.6. The molecular weight excluding hydrogens is 354 g/mol. The Kier molecular flexibility index (Phi) is 10.9. The largest absolute Gasteiger partial charge is 0.481 e. The van der Waals surface area contributed by atoms with Crippen LogP contribution in [-0.2, 0) is 15.9 Å². The average molecular weight is 388 g/mol. The molecule has 0 aromatic heterocycles. The van der Waals surface area contributed by atoms with E-state index < -0.39 is 0 Å². The first-order chi connectivity index (χ1) is 13.8. The van der Waals surface area contributed by atoms with Crippen molar-refractivity contribution in [2.45, 2.75) is 26.2 Å². The van der Waals surface area contributed by atoms with E-state index in [1.807, 2.05) is 12.1 Å². The maximum absolute atomic E-state index is 5.72. The summed E-state index contributed by atoms with van der Waals surface area (Å²) in [6.07, 6.45) is 8.14. The van der Waals surface area contributed by atoms with E-state index in [0.717, 1.165) is 77.0 Å². The van der Waals surface area contributed by atoms with Crippen LogP contribution in [0.2, 0.25) is 0 Å². The second kappa shape index (κ2) is 13.9. The lowest BCUT2D eigenvalue weighted by Crippen LogP contribution is -2.38. The first-order valence-electron chi connectivity index (χ1n) is 10.1. The molecule has 0 bridgehead atoms. The first kappa shape index (κ1) is 22.1. The van der Waals surface area contributed by atoms with E-state index in [4.69, 9.17) is 20.6 Å². The quantitative estimate of drug-likeness (QED) is 0.249. The first-order valence-corrected chi connectivity index (χ1v) is 10.1. The molecule has 1 atom stereocenters. The van der Waals surface area contributed by atoms with Gasteiger partial charge in [-0.3, -0.25) is 4.99 Å². The number of nitrogens with one attached hydrogen (secondary N) is 2. The highest BCUT2D eigenvalue weighted by Gasteiger charge is 2.15. The standard InChI is InChI=1S/C22H33N3O3/c1-3-14-28-21-8-6-19(7-9-21)10-13-25-22(23-4-2)24-12-5-15-26-17-20-11-16-27-18-20/h1,6-9,20H,4-5,10-18H2,2H3,(H2,23,24,25). The lowest BCUT2D eigenvalue weighted by atomic mass is 10.1. The van der Waals surface area contributed by atoms with Crippen molar-refractivity contribution in [3.05, 3.63) is 29.8 Å². The highest BCUT2D eigenvalue weighted by molar-refractivity contribution is 5.79. The number of rotatable bonds is 12. The van der Waals surface area contributed by atoms with Crippen molar-refractivity contribution in [1.82, 2.24) is 10.6 Å². The molecule has 2 rings (SSSR count). The zero-order valence-corrected chi connectivity index (χ0v) is 16.9. The van der Waals surface area contributed by atoms with Crippen LogP contribution in [0.15, 0.2) is 29.3 Å². The lowest BCUT2D eigenvalue weighted by molar-refractivity contribution is 0.0893. The molecule has 1 fully saturated rings. The van der Waals surface area contributed by atoms with Crippen molar-refractivity contribution in [2.24, 2.45) is 10.9 Å². The summed E-state index contributed by atoms with van der Waals surface area (Å²) in [7, 11) is 0. The lowest BCUT2D eigenvalue weighted by Gasteiger charge is -2.12. The molecule has 0 saturated carbocycles. The molecule has 0 amide bonds. The van der Waals surface area contributed by atoms with Crippen LogP contribution in [0.5, 0.6) is 5.75 Å². The second-order valence-electron chi connectivity index (χ2n) is 6.73. The summed E-state index contributed by atoms with van der Waals surface area (Å²) in [5.74, 6) is 4.68. The molecule has 1 heterocycles. The number of hydrogen-bond acceptors (Lipinski definition) is 4. The molecule has 1 unspecified atom stereocenters. The third kappa shape index (κ3) is 9.12. The van der Waals surface area contributed by atoms with E-state index in [1.54, 1.807) is 0 Å². The predicted octanol–water partition coefficient (Wildman–Crippen LogP) is 2.24. The van der Waals surface area contributed by atoms with Crippen LogP contribution in [0, 0.1) is 18.3 Å². The van der Waals surface area contributed by atoms with E-state index in [0.29, 0.717) is 12.5 Å². The van der Waals surface area contributed by atoms with Crippen LogP contribution in [0.4, 0.5) is 0 Å². The minimum absolute atomic E-state index is 0.295. The Hall–Kier alpha value is -2.23. The second-order valence-corrected chi connectivity index (χ2v) is 6.73. The minimum atomic E-state index is 0.295. The summed E-state index contributed by atoms with van der Waals surface area (Å²) in [5, 5.41) is 6.66. The minimum Gasteiger partial charge on any atom is -0.481 e. The van der Waals surface area contributed by atoms with Gasteiger partial charge in [0.25, 0.3) is 0 Å². The van der Waals surface area contributed by atoms with Crippen molar-refractivity contribution in [1.29, 1.82) is 0 Å². The van der Waals surface area contributed by atoms with E-state index in [1.165, 1.54) is 5.56 Å². The Balaban J connectivity index is 1.61. The van der Waals surface area contributed by atoms with Crippen LogP contribution in [-0.4, -0.2) is 58.6 Å². The van der Waals surface area contributed by atoms with Crippen LogP contribution < -0.4 is 15.4 Å². The number of benzene rings is 1. The summed E-state index contributed by atoms with van der Waals surface area (Å²) in [5.41, 5.74) is 1.24. The number of ether oxygens (including phenoxy) is 3. The Morgan fingerprint density at radius 1 is 1.32 bits per heavy atom. The molecule has 6 nitrogen and oxygen atoms in total. The molecule has 1 aromatic rings. The van der Waals surface area contributed by atoms with Crippen molar-refractivity contribution in [2.75, 3.05) is 52.7 Å². The third-order valence-electron chi connectivity index (χ3n) is 4.39. The molecule has 6 heteroatoms. The Labute approximate surface area is 169 Å². The Bertz CT molecular complexity index is 604. The fourth-order valence-electron chi connectivity index (χ4n) is 2.87. The van der Waals surface area contributed by atoms with Gasteiger partial charge in [-0.1, -0.05) is 18.1 Å². The zero-order valence-electron chi connectivity index (χ0n) is 16.9. The highest BCUT2D eigenvalue weighted by atomic mass is 16.5. The molecule has 1 aliphatic rings. The topological polar surface area (TPSA) is 64.1 Å². The van der Waals surface area contributed by atoms with Gasteiger partial charge < -0.3 is 24.8 Å². The maximum Gasteiger partial charge on any atom is 0.191 e. The highest BCUT2D eigenvalue weighted by Crippen LogP contribution is 2.13. The molecule has 1 aromatic carbocycles. The molecule has 2 N–H and O–H groups in total. The molecular formula is C22H33N3O3. The number of hydrogen-bond donors (Lipinski definition) is 2. The van der Waals surface area contributed by atoms with Crippen LogP contribution in [0.3, 0.4) is 0 Å². The van der Waals surface area contributed by atoms with E-state index in [2.05, 4.69) is 40.6 Å². The van der Waals surface area contributed by atoms with E-state index in [9.17, 15) is 0 Å². The SMILES string of the molecule is C#CCOc1ccc(CCNC(=NCCCOCC2CCOC2)NCC)cc1. The fraction of sp³-hybridized carbons (Fsp3) is 0.591. The summed E-state index contributed by atoms with van der Waals surface area (Å²) in [6, 6.07) is 8.02. The van der Waals surface area contributed by atoms with Gasteiger partial charge in [0.15, 0.2) is 5.96 Å². The molecule has 1 saturated heterocycles. The Morgan fingerprint density at radius 2 is 2.18 bits per heavy atom. The smallest absolute Gasteiger partial charge is 0.191 e. The van der Waals surface area contributed by atoms with E-state index in [-0.39, 0.29) is 0 Å². The summed E-state index contributed by atoms with van der Waals surface area (Å²) < 4.78 is 16.5. The number of nitrogens with zero attached hydrogens (tertiary/aromatic N) is 1. The molecule has 28 heavy (non-hydrogen) atoms. The van der Waals surface area contributed by atoms with Gasteiger partial charge in [0.05, 0.1) is 13.2 Å². The summed E-state index contributed by atoms with van der Waals surface area (Å²) >= 11 is 0. The molecule has 0 spiro atoms. The van der Waals surface area contributed by atoms with Crippen molar-refractivity contribution < 1.29 is 14.2 Å². The fourth-order valence-corrected chi connectivity index (χ4v) is 2.87. The van der Waals surface area contributed by atoms with Crippen LogP contribution >= 0.6 is 0 Å². The predicted molar refractivity (Wildman–Crippen MR) is 113 cm³/mol. The Morgan fingerprint density at radius 3 is 2.89 bits per heavy atom. The zero-order chi connectivity index (χ0) is 19.9. The van der Waals surface area contributed by atoms with Gasteiger partial charge in [0.2, 0.25) is 0 Å². The average Bonchev–Trinajstić information content (AvgIpc) is 3.23. The number of terminal acetylenes is 1. The van der Waals surface area contributed by atoms with Crippen molar-refractivity contribution in [3.63, 3.8) is 0 Å². The van der Waals surface area contributed by atoms with Crippen LogP contribution in [0.25, 0.3) is 0 Å². The molecule has 0 radical (unpaired) electrons. The van der Waals surface area contributed by atoms with Gasteiger partial charge in [0, 0.05) is 38.8 Å². The van der Waals surface area contributed by atoms with Crippen molar-refractivity contribution >= 4 is 5.96 Å². The van der Waals surface area contributed by atoms with Gasteiger partial charge in [-0.05, 0) is 43.9 Å². The van der Waals surface area contributed by atoms with Gasteiger partial charge in [-0.25, -0.2) is 0 Å². The van der Waals surface area contributed by atoms with Gasteiger partial charge in [0.1, 0.15) is 12.4 Å². The monoisotopic (exact) mass is 387 g/mol. The maximum atomic E-state index is 5.72. The molecule has 154 valence electrons. The molecule has 0 aliphatic carbocycles. The number of guanidine groups is 1. The van der Waals surface area contributed by atoms with Crippen molar-refractivity contribution in [3.8, 4) is 18.1 Å². The van der Waals surface area contributed by atoms with Gasteiger partial charge >= 0.3 is 0 Å². The van der Waals surface area contributed by atoms with Crippen LogP contribution in [0.1, 0.15) is 25.3 Å². The summed E-state index contributed by atoms with van der Waals surface area (Å²) in [6.45, 7) is 8.02. The number of aliphatic imine (C=N–C) groups is 1. The molecule has 1 aliphatic heterocycles. The van der Waals surface area contributed by atoms with Gasteiger partial charge in [-0.2, -0.15) is 0 Å². The third-order valence-corrected chi connectivity index (χ3v) is 4.39. The van der Waals surface area contributed by atoms with E-state index >= 15 is 0 Å².